The molecule has 0 aromatic heterocycles. The molecule has 0 spiro atoms. The molecule has 0 saturated carbocycles. The topological polar surface area (TPSA) is 61.7 Å². The molecule has 2 aromatic carbocycles. The van der Waals surface area contributed by atoms with E-state index < -0.39 is 0 Å². The number of hydrogen-bond acceptors (Lipinski definition) is 3. The van der Waals surface area contributed by atoms with Crippen molar-refractivity contribution in [3.05, 3.63) is 42.0 Å². The van der Waals surface area contributed by atoms with E-state index in [4.69, 9.17) is 0 Å². The van der Waals surface area contributed by atoms with Crippen molar-refractivity contribution in [2.24, 2.45) is 5.10 Å². The molecular weight excluding hydrogens is 228 g/mol. The predicted octanol–water partition coefficient (Wildman–Crippen LogP) is 2.16. The molecule has 2 N–H and O–H groups in total. The Balaban J connectivity index is 2.18. The van der Waals surface area contributed by atoms with Gasteiger partial charge in [-0.05, 0) is 17.5 Å². The standard InChI is InChI=1S/C14H12N2O2/c17-13-7-5-10(9-3-1-2-4-11(9)13)12-6-8-14(18)16-15-12/h1-5,7,17H,6,8H2,(H,16,18). The van der Waals surface area contributed by atoms with E-state index in [1.54, 1.807) is 6.07 Å². The van der Waals surface area contributed by atoms with Crippen molar-refractivity contribution >= 4 is 22.4 Å². The van der Waals surface area contributed by atoms with Gasteiger partial charge in [-0.2, -0.15) is 5.10 Å². The second kappa shape index (κ2) is 4.14. The van der Waals surface area contributed by atoms with Crippen LogP contribution in [-0.4, -0.2) is 16.7 Å². The Labute approximate surface area is 104 Å². The third-order valence-corrected chi connectivity index (χ3v) is 3.12. The summed E-state index contributed by atoms with van der Waals surface area (Å²) in [6.45, 7) is 0. The van der Waals surface area contributed by atoms with Crippen molar-refractivity contribution in [3.63, 3.8) is 0 Å². The molecule has 4 nitrogen and oxygen atoms in total. The maximum Gasteiger partial charge on any atom is 0.240 e. The summed E-state index contributed by atoms with van der Waals surface area (Å²) in [6.07, 6.45) is 1.08. The van der Waals surface area contributed by atoms with Crippen LogP contribution in [-0.2, 0) is 4.79 Å². The molecule has 0 bridgehead atoms. The van der Waals surface area contributed by atoms with Gasteiger partial charge in [-0.1, -0.05) is 24.3 Å². The van der Waals surface area contributed by atoms with Crippen LogP contribution < -0.4 is 5.43 Å². The molecule has 90 valence electrons. The predicted molar refractivity (Wildman–Crippen MR) is 69.5 cm³/mol. The van der Waals surface area contributed by atoms with Crippen LogP contribution in [0.2, 0.25) is 0 Å². The Morgan fingerprint density at radius 1 is 1.06 bits per heavy atom. The van der Waals surface area contributed by atoms with Crippen LogP contribution in [0.15, 0.2) is 41.5 Å². The van der Waals surface area contributed by atoms with Crippen LogP contribution in [0, 0.1) is 0 Å². The molecule has 4 heteroatoms. The minimum Gasteiger partial charge on any atom is -0.507 e. The van der Waals surface area contributed by atoms with Gasteiger partial charge in [-0.25, -0.2) is 5.43 Å². The van der Waals surface area contributed by atoms with Gasteiger partial charge >= 0.3 is 0 Å². The van der Waals surface area contributed by atoms with E-state index in [1.807, 2.05) is 30.3 Å². The number of nitrogens with zero attached hydrogens (tertiary/aromatic N) is 1. The SMILES string of the molecule is O=C1CCC(c2ccc(O)c3ccccc23)=NN1. The summed E-state index contributed by atoms with van der Waals surface area (Å²) in [7, 11) is 0. The first-order valence-electron chi connectivity index (χ1n) is 5.82. The molecule has 1 aliphatic heterocycles. The summed E-state index contributed by atoms with van der Waals surface area (Å²) in [5.41, 5.74) is 4.31. The highest BCUT2D eigenvalue weighted by atomic mass is 16.3. The number of carbonyl (C=O) groups is 1. The Bertz CT molecular complexity index is 662. The Morgan fingerprint density at radius 3 is 2.56 bits per heavy atom. The first-order chi connectivity index (χ1) is 8.75. The molecule has 2 aromatic rings. The molecule has 0 atom stereocenters. The van der Waals surface area contributed by atoms with Crippen LogP contribution >= 0.6 is 0 Å². The molecule has 0 radical (unpaired) electrons. The lowest BCUT2D eigenvalue weighted by atomic mass is 9.97. The molecule has 3 rings (SSSR count). The number of amides is 1. The number of benzene rings is 2. The van der Waals surface area contributed by atoms with Crippen molar-refractivity contribution in [2.75, 3.05) is 0 Å². The van der Waals surface area contributed by atoms with Gasteiger partial charge in [0.15, 0.2) is 0 Å². The van der Waals surface area contributed by atoms with Crippen LogP contribution in [0.4, 0.5) is 0 Å². The number of fused-ring (bicyclic) bond motifs is 1. The van der Waals surface area contributed by atoms with Gasteiger partial charge in [0, 0.05) is 23.8 Å². The quantitative estimate of drug-likeness (QED) is 0.802. The molecule has 1 heterocycles. The highest BCUT2D eigenvalue weighted by Crippen LogP contribution is 2.28. The van der Waals surface area contributed by atoms with Crippen LogP contribution in [0.25, 0.3) is 10.8 Å². The molecule has 1 amide bonds. The number of nitrogens with one attached hydrogen (secondary N) is 1. The average Bonchev–Trinajstić information content (AvgIpc) is 2.41. The fraction of sp³-hybridized carbons (Fsp3) is 0.143. The first kappa shape index (κ1) is 10.8. The van der Waals surface area contributed by atoms with E-state index in [0.717, 1.165) is 22.0 Å². The maximum absolute atomic E-state index is 11.1. The molecule has 18 heavy (non-hydrogen) atoms. The number of hydrazone groups is 1. The summed E-state index contributed by atoms with van der Waals surface area (Å²) < 4.78 is 0. The van der Waals surface area contributed by atoms with Crippen molar-refractivity contribution in [2.45, 2.75) is 12.8 Å². The lowest BCUT2D eigenvalue weighted by Crippen LogP contribution is -2.26. The van der Waals surface area contributed by atoms with E-state index >= 15 is 0 Å². The number of rotatable bonds is 1. The van der Waals surface area contributed by atoms with Gasteiger partial charge in [0.2, 0.25) is 5.91 Å². The van der Waals surface area contributed by atoms with Gasteiger partial charge in [-0.3, -0.25) is 4.79 Å². The van der Waals surface area contributed by atoms with E-state index in [0.29, 0.717) is 12.8 Å². The fourth-order valence-corrected chi connectivity index (χ4v) is 2.20. The first-order valence-corrected chi connectivity index (χ1v) is 5.82. The molecular formula is C14H12N2O2. The van der Waals surface area contributed by atoms with Crippen molar-refractivity contribution in [1.82, 2.24) is 5.43 Å². The highest BCUT2D eigenvalue weighted by Gasteiger charge is 2.16. The largest absolute Gasteiger partial charge is 0.507 e. The van der Waals surface area contributed by atoms with Crippen LogP contribution in [0.1, 0.15) is 18.4 Å². The summed E-state index contributed by atoms with van der Waals surface area (Å²) >= 11 is 0. The van der Waals surface area contributed by atoms with E-state index in [1.165, 1.54) is 0 Å². The summed E-state index contributed by atoms with van der Waals surface area (Å²) in [4.78, 5) is 11.1. The normalized spacial score (nSPS) is 15.3. The minimum absolute atomic E-state index is 0.0539. The number of aromatic hydroxyl groups is 1. The molecule has 0 aliphatic carbocycles. The lowest BCUT2D eigenvalue weighted by Gasteiger charge is -2.14. The van der Waals surface area contributed by atoms with Gasteiger partial charge in [-0.15, -0.1) is 0 Å². The van der Waals surface area contributed by atoms with E-state index in [-0.39, 0.29) is 11.7 Å². The number of hydrogen-bond donors (Lipinski definition) is 2. The number of phenolic OH excluding ortho intramolecular Hbond substituents is 1. The van der Waals surface area contributed by atoms with E-state index in [2.05, 4.69) is 10.5 Å². The zero-order valence-corrected chi connectivity index (χ0v) is 9.68. The van der Waals surface area contributed by atoms with Gasteiger partial charge in [0.25, 0.3) is 0 Å². The zero-order valence-electron chi connectivity index (χ0n) is 9.68. The van der Waals surface area contributed by atoms with Crippen molar-refractivity contribution < 1.29 is 9.90 Å². The Hall–Kier alpha value is -2.36. The fourth-order valence-electron chi connectivity index (χ4n) is 2.20. The summed E-state index contributed by atoms with van der Waals surface area (Å²) in [5.74, 6) is 0.205. The third-order valence-electron chi connectivity index (χ3n) is 3.12. The second-order valence-electron chi connectivity index (χ2n) is 4.27. The number of phenols is 1. The molecule has 0 fully saturated rings. The van der Waals surface area contributed by atoms with Gasteiger partial charge in [0.05, 0.1) is 5.71 Å². The highest BCUT2D eigenvalue weighted by molar-refractivity contribution is 6.13. The molecule has 0 saturated heterocycles. The Morgan fingerprint density at radius 2 is 1.83 bits per heavy atom. The minimum atomic E-state index is -0.0539. The second-order valence-corrected chi connectivity index (χ2v) is 4.27. The maximum atomic E-state index is 11.1. The molecule has 1 aliphatic rings. The van der Waals surface area contributed by atoms with Crippen molar-refractivity contribution in [3.8, 4) is 5.75 Å². The van der Waals surface area contributed by atoms with Crippen LogP contribution in [0.3, 0.4) is 0 Å². The van der Waals surface area contributed by atoms with Gasteiger partial charge < -0.3 is 5.11 Å². The van der Waals surface area contributed by atoms with Crippen molar-refractivity contribution in [1.29, 1.82) is 0 Å². The smallest absolute Gasteiger partial charge is 0.240 e. The third kappa shape index (κ3) is 1.72. The van der Waals surface area contributed by atoms with E-state index in [9.17, 15) is 9.90 Å². The summed E-state index contributed by atoms with van der Waals surface area (Å²) in [5, 5.41) is 15.7. The van der Waals surface area contributed by atoms with Gasteiger partial charge in [0.1, 0.15) is 5.75 Å². The molecule has 0 unspecified atom stereocenters. The number of carbonyl (C=O) groups excluding carboxylic acids is 1. The average molecular weight is 240 g/mol. The lowest BCUT2D eigenvalue weighted by molar-refractivity contribution is -0.121. The summed E-state index contributed by atoms with van der Waals surface area (Å²) in [6, 6.07) is 11.1. The monoisotopic (exact) mass is 240 g/mol. The zero-order chi connectivity index (χ0) is 12.5. The Kier molecular flexibility index (Phi) is 2.48. The van der Waals surface area contributed by atoms with Crippen LogP contribution in [0.5, 0.6) is 5.75 Å².